The highest BCUT2D eigenvalue weighted by Crippen LogP contribution is 2.40. The van der Waals surface area contributed by atoms with Crippen molar-refractivity contribution < 1.29 is 24.2 Å². The van der Waals surface area contributed by atoms with Crippen molar-refractivity contribution in [2.75, 3.05) is 40.4 Å². The molecule has 2 aromatic carbocycles. The molecule has 0 aromatic heterocycles. The minimum atomic E-state index is -0.676. The van der Waals surface area contributed by atoms with Crippen molar-refractivity contribution in [2.24, 2.45) is 5.92 Å². The molecule has 0 spiro atoms. The topological polar surface area (TPSA) is 79.3 Å². The molecule has 0 saturated carbocycles. The second-order valence-corrected chi connectivity index (χ2v) is 9.38. The Kier molecular flexibility index (Phi) is 8.93. The summed E-state index contributed by atoms with van der Waals surface area (Å²) in [7, 11) is 3.93. The molecule has 1 heterocycles. The summed E-state index contributed by atoms with van der Waals surface area (Å²) >= 11 is 0. The van der Waals surface area contributed by atoms with Crippen molar-refractivity contribution in [3.63, 3.8) is 0 Å². The molecule has 1 N–H and O–H groups in total. The van der Waals surface area contributed by atoms with Crippen LogP contribution in [-0.4, -0.2) is 67.0 Å². The number of amides is 1. The third kappa shape index (κ3) is 6.42. The monoisotopic (exact) mass is 480 g/mol. The zero-order valence-electron chi connectivity index (χ0n) is 21.3. The van der Waals surface area contributed by atoms with E-state index in [1.165, 1.54) is 0 Å². The molecule has 0 radical (unpaired) electrons. The predicted octanol–water partition coefficient (Wildman–Crippen LogP) is 4.49. The van der Waals surface area contributed by atoms with Crippen molar-refractivity contribution in [1.29, 1.82) is 0 Å². The highest BCUT2D eigenvalue weighted by atomic mass is 16.5. The fraction of sp³-hybridized carbons (Fsp3) is 0.429. The van der Waals surface area contributed by atoms with E-state index in [1.807, 2.05) is 50.2 Å². The number of nitrogens with zero attached hydrogens (tertiary/aromatic N) is 2. The van der Waals surface area contributed by atoms with Crippen molar-refractivity contribution in [3.05, 3.63) is 65.2 Å². The lowest BCUT2D eigenvalue weighted by molar-refractivity contribution is -0.139. The van der Waals surface area contributed by atoms with Gasteiger partial charge in [0.15, 0.2) is 0 Å². The minimum absolute atomic E-state index is 0.0971. The minimum Gasteiger partial charge on any atom is -0.507 e. The second kappa shape index (κ2) is 11.9. The number of ether oxygens (including phenoxy) is 2. The van der Waals surface area contributed by atoms with E-state index in [1.54, 1.807) is 29.2 Å². The molecule has 2 aromatic rings. The molecular formula is C28H36N2O5. The van der Waals surface area contributed by atoms with Gasteiger partial charge in [-0.05, 0) is 81.9 Å². The number of aliphatic hydroxyl groups excluding tert-OH is 1. The van der Waals surface area contributed by atoms with Gasteiger partial charge in [-0.3, -0.25) is 9.59 Å². The molecule has 35 heavy (non-hydrogen) atoms. The molecule has 1 saturated heterocycles. The molecule has 0 bridgehead atoms. The predicted molar refractivity (Wildman–Crippen MR) is 137 cm³/mol. The number of rotatable bonds is 11. The number of carbonyl (C=O) groups excluding carboxylic acids is 2. The van der Waals surface area contributed by atoms with Crippen LogP contribution in [0.5, 0.6) is 11.5 Å². The lowest BCUT2D eigenvalue weighted by atomic mass is 9.95. The molecular weight excluding hydrogens is 444 g/mol. The molecule has 3 rings (SSSR count). The Hall–Kier alpha value is -3.32. The van der Waals surface area contributed by atoms with E-state index >= 15 is 0 Å². The molecule has 7 heteroatoms. The van der Waals surface area contributed by atoms with Gasteiger partial charge in [0.25, 0.3) is 11.7 Å². The smallest absolute Gasteiger partial charge is 0.295 e. The summed E-state index contributed by atoms with van der Waals surface area (Å²) in [4.78, 5) is 29.8. The molecule has 7 nitrogen and oxygen atoms in total. The summed E-state index contributed by atoms with van der Waals surface area (Å²) in [5.41, 5.74) is 1.31. The van der Waals surface area contributed by atoms with Crippen LogP contribution in [0.1, 0.15) is 44.4 Å². The van der Waals surface area contributed by atoms with Gasteiger partial charge in [0.2, 0.25) is 0 Å². The van der Waals surface area contributed by atoms with Gasteiger partial charge >= 0.3 is 0 Å². The first-order valence-electron chi connectivity index (χ1n) is 12.1. The number of carbonyl (C=O) groups is 2. The van der Waals surface area contributed by atoms with Crippen LogP contribution < -0.4 is 9.47 Å². The highest BCUT2D eigenvalue weighted by molar-refractivity contribution is 6.46. The van der Waals surface area contributed by atoms with Crippen LogP contribution in [0, 0.1) is 5.92 Å². The number of hydrogen-bond donors (Lipinski definition) is 1. The lowest BCUT2D eigenvalue weighted by Crippen LogP contribution is -2.32. The largest absolute Gasteiger partial charge is 0.507 e. The summed E-state index contributed by atoms with van der Waals surface area (Å²) in [6.07, 6.45) is 0.704. The second-order valence-electron chi connectivity index (χ2n) is 9.38. The Bertz CT molecular complexity index is 1040. The van der Waals surface area contributed by atoms with Crippen LogP contribution in [0.15, 0.2) is 54.1 Å². The molecule has 1 fully saturated rings. The zero-order valence-corrected chi connectivity index (χ0v) is 21.3. The van der Waals surface area contributed by atoms with Crippen LogP contribution in [0.4, 0.5) is 0 Å². The first kappa shape index (κ1) is 26.3. The molecule has 1 atom stereocenters. The van der Waals surface area contributed by atoms with Gasteiger partial charge in [-0.25, -0.2) is 0 Å². The summed E-state index contributed by atoms with van der Waals surface area (Å²) in [5.74, 6) is 0.320. The lowest BCUT2D eigenvalue weighted by Gasteiger charge is -2.26. The van der Waals surface area contributed by atoms with Crippen molar-refractivity contribution in [1.82, 2.24) is 9.80 Å². The summed E-state index contributed by atoms with van der Waals surface area (Å²) in [5, 5.41) is 11.2. The van der Waals surface area contributed by atoms with E-state index in [-0.39, 0.29) is 11.3 Å². The third-order valence-electron chi connectivity index (χ3n) is 5.76. The van der Waals surface area contributed by atoms with E-state index in [2.05, 4.69) is 13.8 Å². The van der Waals surface area contributed by atoms with E-state index < -0.39 is 17.7 Å². The number of Topliss-reactive ketones (excluding diaryl/α,β-unsaturated/α-hetero) is 1. The van der Waals surface area contributed by atoms with Crippen LogP contribution in [0.25, 0.3) is 5.76 Å². The highest BCUT2D eigenvalue weighted by Gasteiger charge is 2.45. The average molecular weight is 481 g/mol. The van der Waals surface area contributed by atoms with Crippen molar-refractivity contribution >= 4 is 17.4 Å². The quantitative estimate of drug-likeness (QED) is 0.290. The Morgan fingerprint density at radius 3 is 2.17 bits per heavy atom. The Labute approximate surface area is 207 Å². The molecule has 1 unspecified atom stereocenters. The van der Waals surface area contributed by atoms with Crippen LogP contribution in [0.2, 0.25) is 0 Å². The van der Waals surface area contributed by atoms with Gasteiger partial charge in [-0.2, -0.15) is 0 Å². The van der Waals surface area contributed by atoms with E-state index in [0.717, 1.165) is 12.1 Å². The normalized spacial score (nSPS) is 17.5. The van der Waals surface area contributed by atoms with Gasteiger partial charge in [0.1, 0.15) is 17.3 Å². The van der Waals surface area contributed by atoms with E-state index in [9.17, 15) is 14.7 Å². The van der Waals surface area contributed by atoms with Gasteiger partial charge in [0, 0.05) is 12.1 Å². The number of hydrogen-bond acceptors (Lipinski definition) is 6. The first-order valence-corrected chi connectivity index (χ1v) is 12.1. The number of ketones is 1. The fourth-order valence-electron chi connectivity index (χ4n) is 4.05. The maximum absolute atomic E-state index is 13.2. The van der Waals surface area contributed by atoms with Gasteiger partial charge < -0.3 is 24.4 Å². The summed E-state index contributed by atoms with van der Waals surface area (Å²) < 4.78 is 11.3. The van der Waals surface area contributed by atoms with Crippen molar-refractivity contribution in [3.8, 4) is 11.5 Å². The SMILES string of the molecule is CCOc1ccc(C2/C(=C(/O)c3ccc(OCC(C)C)cc3)C(=O)C(=O)N2CCCN(C)C)cc1. The molecule has 188 valence electrons. The van der Waals surface area contributed by atoms with E-state index in [4.69, 9.17) is 9.47 Å². The fourth-order valence-corrected chi connectivity index (χ4v) is 4.05. The van der Waals surface area contributed by atoms with Crippen LogP contribution in [0.3, 0.4) is 0 Å². The molecule has 1 aliphatic rings. The third-order valence-corrected chi connectivity index (χ3v) is 5.76. The number of benzene rings is 2. The number of likely N-dealkylation sites (tertiary alicyclic amines) is 1. The Morgan fingerprint density at radius 1 is 1.00 bits per heavy atom. The van der Waals surface area contributed by atoms with Gasteiger partial charge in [-0.15, -0.1) is 0 Å². The van der Waals surface area contributed by atoms with Gasteiger partial charge in [0.05, 0.1) is 24.8 Å². The summed E-state index contributed by atoms with van der Waals surface area (Å²) in [6.45, 7) is 8.35. The average Bonchev–Trinajstić information content (AvgIpc) is 3.08. The number of aliphatic hydroxyl groups is 1. The van der Waals surface area contributed by atoms with E-state index in [0.29, 0.717) is 49.2 Å². The maximum Gasteiger partial charge on any atom is 0.295 e. The van der Waals surface area contributed by atoms with Crippen LogP contribution in [-0.2, 0) is 9.59 Å². The molecule has 0 aliphatic carbocycles. The van der Waals surface area contributed by atoms with Gasteiger partial charge in [-0.1, -0.05) is 26.0 Å². The Balaban J connectivity index is 1.99. The molecule has 1 amide bonds. The first-order chi connectivity index (χ1) is 16.7. The zero-order chi connectivity index (χ0) is 25.5. The summed E-state index contributed by atoms with van der Waals surface area (Å²) in [6, 6.07) is 13.6. The standard InChI is InChI=1S/C28H36N2O5/c1-6-34-22-12-8-20(9-13-22)25-24(27(32)28(33)30(25)17-7-16-29(4)5)26(31)21-10-14-23(15-11-21)35-18-19(2)3/h8-15,19,25,31H,6-7,16-18H2,1-5H3/b26-24-. The molecule has 1 aliphatic heterocycles. The van der Waals surface area contributed by atoms with Crippen molar-refractivity contribution in [2.45, 2.75) is 33.2 Å². The maximum atomic E-state index is 13.2. The van der Waals surface area contributed by atoms with Crippen LogP contribution >= 0.6 is 0 Å². The Morgan fingerprint density at radius 2 is 1.60 bits per heavy atom.